The molecule has 0 atom stereocenters. The van der Waals surface area contributed by atoms with Crippen LogP contribution >= 0.6 is 0 Å². The molecule has 122 valence electrons. The molecule has 1 aromatic heterocycles. The van der Waals surface area contributed by atoms with E-state index in [1.807, 2.05) is 49.3 Å². The van der Waals surface area contributed by atoms with Gasteiger partial charge in [-0.2, -0.15) is 0 Å². The van der Waals surface area contributed by atoms with Gasteiger partial charge < -0.3 is 15.1 Å². The second kappa shape index (κ2) is 7.63. The molecule has 0 saturated heterocycles. The van der Waals surface area contributed by atoms with Gasteiger partial charge in [0, 0.05) is 38.6 Å². The molecule has 0 unspecified atom stereocenters. The molecule has 5 heteroatoms. The first kappa shape index (κ1) is 16.8. The summed E-state index contributed by atoms with van der Waals surface area (Å²) >= 11 is 0. The lowest BCUT2D eigenvalue weighted by atomic mass is 10.2. The van der Waals surface area contributed by atoms with E-state index in [0.717, 1.165) is 30.2 Å². The summed E-state index contributed by atoms with van der Waals surface area (Å²) in [5.74, 6) is -0.200. The number of benzene rings is 1. The molecule has 0 saturated carbocycles. The summed E-state index contributed by atoms with van der Waals surface area (Å²) < 4.78 is 0. The number of hydrogen-bond acceptors (Lipinski definition) is 4. The van der Waals surface area contributed by atoms with Crippen LogP contribution in [0.5, 0.6) is 0 Å². The number of nitrogens with zero attached hydrogens (tertiary/aromatic N) is 3. The summed E-state index contributed by atoms with van der Waals surface area (Å²) in [6.45, 7) is 6.03. The van der Waals surface area contributed by atoms with Crippen LogP contribution in [0.25, 0.3) is 0 Å². The lowest BCUT2D eigenvalue weighted by Gasteiger charge is -2.20. The zero-order valence-corrected chi connectivity index (χ0v) is 14.2. The maximum Gasteiger partial charge on any atom is 0.274 e. The van der Waals surface area contributed by atoms with Gasteiger partial charge in [-0.25, -0.2) is 4.98 Å². The highest BCUT2D eigenvalue weighted by atomic mass is 16.1. The van der Waals surface area contributed by atoms with Crippen LogP contribution in [0, 0.1) is 0 Å². The van der Waals surface area contributed by atoms with Crippen LogP contribution < -0.4 is 15.1 Å². The predicted molar refractivity (Wildman–Crippen MR) is 96.5 cm³/mol. The topological polar surface area (TPSA) is 48.5 Å². The normalized spacial score (nSPS) is 10.3. The molecule has 1 N–H and O–H groups in total. The van der Waals surface area contributed by atoms with Crippen molar-refractivity contribution >= 4 is 23.0 Å². The molecule has 2 rings (SSSR count). The van der Waals surface area contributed by atoms with Crippen LogP contribution in [0.2, 0.25) is 0 Å². The largest absolute Gasteiger partial charge is 0.378 e. The Morgan fingerprint density at radius 2 is 1.61 bits per heavy atom. The fraction of sp³-hybridized carbons (Fsp3) is 0.333. The highest BCUT2D eigenvalue weighted by Gasteiger charge is 2.09. The van der Waals surface area contributed by atoms with Crippen LogP contribution in [0.1, 0.15) is 24.3 Å². The van der Waals surface area contributed by atoms with E-state index < -0.39 is 0 Å². The Morgan fingerprint density at radius 1 is 1.00 bits per heavy atom. The van der Waals surface area contributed by atoms with E-state index in [1.54, 1.807) is 12.3 Å². The fourth-order valence-electron chi connectivity index (χ4n) is 2.33. The lowest BCUT2D eigenvalue weighted by molar-refractivity contribution is 0.102. The van der Waals surface area contributed by atoms with E-state index in [-0.39, 0.29) is 5.91 Å². The van der Waals surface area contributed by atoms with Crippen molar-refractivity contribution < 1.29 is 4.79 Å². The van der Waals surface area contributed by atoms with Gasteiger partial charge in [0.05, 0.1) is 11.9 Å². The molecule has 5 nitrogen and oxygen atoms in total. The van der Waals surface area contributed by atoms with Gasteiger partial charge in [0.1, 0.15) is 5.69 Å². The monoisotopic (exact) mass is 312 g/mol. The Kier molecular flexibility index (Phi) is 5.57. The number of anilines is 3. The Labute approximate surface area is 137 Å². The molecule has 1 aromatic carbocycles. The SMILES string of the molecule is CCN(CC)c1ccc(C(=O)Nc2ccc(N(C)C)cc2)nc1. The summed E-state index contributed by atoms with van der Waals surface area (Å²) in [5.41, 5.74) is 3.29. The molecule has 0 aliphatic heterocycles. The molecule has 0 aliphatic rings. The standard InChI is InChI=1S/C18H24N4O/c1-5-22(6-2)16-11-12-17(19-13-16)18(23)20-14-7-9-15(10-8-14)21(3)4/h7-13H,5-6H2,1-4H3,(H,20,23). The molecule has 0 bridgehead atoms. The van der Waals surface area contributed by atoms with Crippen molar-refractivity contribution in [3.63, 3.8) is 0 Å². The summed E-state index contributed by atoms with van der Waals surface area (Å²) in [6, 6.07) is 11.4. The predicted octanol–water partition coefficient (Wildman–Crippen LogP) is 3.25. The number of rotatable bonds is 6. The van der Waals surface area contributed by atoms with Gasteiger partial charge in [0.2, 0.25) is 0 Å². The maximum absolute atomic E-state index is 12.3. The first-order chi connectivity index (χ1) is 11.0. The molecule has 1 heterocycles. The quantitative estimate of drug-likeness (QED) is 0.889. The summed E-state index contributed by atoms with van der Waals surface area (Å²) in [5, 5.41) is 2.87. The van der Waals surface area contributed by atoms with Crippen LogP contribution in [0.3, 0.4) is 0 Å². The van der Waals surface area contributed by atoms with Gasteiger partial charge in [0.15, 0.2) is 0 Å². The fourth-order valence-corrected chi connectivity index (χ4v) is 2.33. The number of hydrogen-bond donors (Lipinski definition) is 1. The molecular formula is C18H24N4O. The minimum atomic E-state index is -0.200. The van der Waals surface area contributed by atoms with E-state index in [9.17, 15) is 4.79 Å². The Balaban J connectivity index is 2.05. The molecule has 0 aliphatic carbocycles. The van der Waals surface area contributed by atoms with Gasteiger partial charge in [0.25, 0.3) is 5.91 Å². The number of nitrogens with one attached hydrogen (secondary N) is 1. The third kappa shape index (κ3) is 4.22. The van der Waals surface area contributed by atoms with E-state index in [4.69, 9.17) is 0 Å². The number of amides is 1. The Bertz CT molecular complexity index is 631. The number of aromatic nitrogens is 1. The van der Waals surface area contributed by atoms with Crippen molar-refractivity contribution in [1.82, 2.24) is 4.98 Å². The second-order valence-corrected chi connectivity index (χ2v) is 5.47. The molecule has 2 aromatic rings. The minimum Gasteiger partial charge on any atom is -0.378 e. The van der Waals surface area contributed by atoms with Gasteiger partial charge in [-0.3, -0.25) is 4.79 Å². The second-order valence-electron chi connectivity index (χ2n) is 5.47. The van der Waals surface area contributed by atoms with Crippen LogP contribution in [0.4, 0.5) is 17.1 Å². The molecular weight excluding hydrogens is 288 g/mol. The molecule has 0 fully saturated rings. The summed E-state index contributed by atoms with van der Waals surface area (Å²) in [6.07, 6.45) is 1.75. The van der Waals surface area contributed by atoms with Gasteiger partial charge in [-0.15, -0.1) is 0 Å². The summed E-state index contributed by atoms with van der Waals surface area (Å²) in [7, 11) is 3.96. The van der Waals surface area contributed by atoms with E-state index >= 15 is 0 Å². The number of carbonyl (C=O) groups is 1. The third-order valence-corrected chi connectivity index (χ3v) is 3.75. The number of pyridine rings is 1. The minimum absolute atomic E-state index is 0.200. The first-order valence-electron chi connectivity index (χ1n) is 7.84. The summed E-state index contributed by atoms with van der Waals surface area (Å²) in [4.78, 5) is 20.7. The average molecular weight is 312 g/mol. The lowest BCUT2D eigenvalue weighted by Crippen LogP contribution is -2.22. The van der Waals surface area contributed by atoms with Crippen molar-refractivity contribution in [2.45, 2.75) is 13.8 Å². The maximum atomic E-state index is 12.3. The van der Waals surface area contributed by atoms with Crippen molar-refractivity contribution in [3.8, 4) is 0 Å². The average Bonchev–Trinajstić information content (AvgIpc) is 2.57. The van der Waals surface area contributed by atoms with Crippen LogP contribution in [0.15, 0.2) is 42.6 Å². The molecule has 23 heavy (non-hydrogen) atoms. The molecule has 1 amide bonds. The van der Waals surface area contributed by atoms with Crippen molar-refractivity contribution in [3.05, 3.63) is 48.3 Å². The van der Waals surface area contributed by atoms with E-state index in [1.165, 1.54) is 0 Å². The molecule has 0 spiro atoms. The highest BCUT2D eigenvalue weighted by molar-refractivity contribution is 6.03. The van der Waals surface area contributed by atoms with Crippen molar-refractivity contribution in [1.29, 1.82) is 0 Å². The number of carbonyl (C=O) groups excluding carboxylic acids is 1. The van der Waals surface area contributed by atoms with Gasteiger partial charge in [-0.1, -0.05) is 0 Å². The van der Waals surface area contributed by atoms with Crippen LogP contribution in [-0.2, 0) is 0 Å². The van der Waals surface area contributed by atoms with Gasteiger partial charge in [-0.05, 0) is 50.2 Å². The first-order valence-corrected chi connectivity index (χ1v) is 7.84. The Morgan fingerprint density at radius 3 is 2.09 bits per heavy atom. The van der Waals surface area contributed by atoms with Gasteiger partial charge >= 0.3 is 0 Å². The van der Waals surface area contributed by atoms with E-state index in [2.05, 4.69) is 29.0 Å². The van der Waals surface area contributed by atoms with Crippen molar-refractivity contribution in [2.24, 2.45) is 0 Å². The van der Waals surface area contributed by atoms with Crippen molar-refractivity contribution in [2.75, 3.05) is 42.3 Å². The zero-order chi connectivity index (χ0) is 16.8. The Hall–Kier alpha value is -2.56. The molecule has 0 radical (unpaired) electrons. The smallest absolute Gasteiger partial charge is 0.274 e. The third-order valence-electron chi connectivity index (χ3n) is 3.75. The zero-order valence-electron chi connectivity index (χ0n) is 14.2. The highest BCUT2D eigenvalue weighted by Crippen LogP contribution is 2.17. The van der Waals surface area contributed by atoms with E-state index in [0.29, 0.717) is 5.69 Å². The van der Waals surface area contributed by atoms with Crippen LogP contribution in [-0.4, -0.2) is 38.1 Å².